The fourth-order valence-electron chi connectivity index (χ4n) is 2.17. The van der Waals surface area contributed by atoms with Crippen molar-refractivity contribution in [1.82, 2.24) is 0 Å². The summed E-state index contributed by atoms with van der Waals surface area (Å²) in [5.41, 5.74) is 1.04. The third-order valence-electron chi connectivity index (χ3n) is 3.18. The van der Waals surface area contributed by atoms with Gasteiger partial charge in [0.25, 0.3) is 5.91 Å². The highest BCUT2D eigenvalue weighted by Gasteiger charge is 2.23. The van der Waals surface area contributed by atoms with Gasteiger partial charge < -0.3 is 10.4 Å². The zero-order valence-corrected chi connectivity index (χ0v) is 12.1. The van der Waals surface area contributed by atoms with Gasteiger partial charge in [0, 0.05) is 16.8 Å². The van der Waals surface area contributed by atoms with Crippen LogP contribution in [-0.2, 0) is 9.59 Å². The molecule has 1 amide bonds. The smallest absolute Gasteiger partial charge is 0.332 e. The van der Waals surface area contributed by atoms with Gasteiger partial charge in [-0.15, -0.1) is 0 Å². The molecule has 0 aliphatic heterocycles. The number of anilines is 1. The van der Waals surface area contributed by atoms with Crippen molar-refractivity contribution in [2.24, 2.45) is 0 Å². The molecular formula is C14H13Cl2NO3. The molecule has 1 aromatic carbocycles. The number of amides is 1. The molecule has 0 bridgehead atoms. The number of hydrogen-bond donors (Lipinski definition) is 2. The SMILES string of the molecule is O=C(O)C1=C(C(=O)Nc2ccc(Cl)c(Cl)c2)CCCC1. The third-order valence-corrected chi connectivity index (χ3v) is 3.92. The summed E-state index contributed by atoms with van der Waals surface area (Å²) >= 11 is 11.7. The first-order valence-corrected chi connectivity index (χ1v) is 6.96. The van der Waals surface area contributed by atoms with Crippen LogP contribution in [0.3, 0.4) is 0 Å². The second kappa shape index (κ2) is 6.29. The largest absolute Gasteiger partial charge is 0.478 e. The van der Waals surface area contributed by atoms with Crippen molar-refractivity contribution in [1.29, 1.82) is 0 Å². The number of rotatable bonds is 3. The highest BCUT2D eigenvalue weighted by molar-refractivity contribution is 6.42. The standard InChI is InChI=1S/C14H13Cl2NO3/c15-11-6-5-8(7-12(11)16)17-13(18)9-3-1-2-4-10(9)14(19)20/h5-7H,1-4H2,(H,17,18)(H,19,20). The Morgan fingerprint density at radius 2 is 1.70 bits per heavy atom. The molecule has 0 unspecified atom stereocenters. The van der Waals surface area contributed by atoms with Gasteiger partial charge in [0.1, 0.15) is 0 Å². The van der Waals surface area contributed by atoms with Gasteiger partial charge >= 0.3 is 5.97 Å². The summed E-state index contributed by atoms with van der Waals surface area (Å²) in [6, 6.07) is 4.73. The Balaban J connectivity index is 2.22. The Labute approximate surface area is 126 Å². The van der Waals surface area contributed by atoms with E-state index < -0.39 is 5.97 Å². The first-order valence-electron chi connectivity index (χ1n) is 6.20. The minimum absolute atomic E-state index is 0.203. The molecule has 1 aromatic rings. The molecule has 0 atom stereocenters. The van der Waals surface area contributed by atoms with E-state index in [9.17, 15) is 9.59 Å². The van der Waals surface area contributed by atoms with E-state index in [1.807, 2.05) is 0 Å². The van der Waals surface area contributed by atoms with Crippen LogP contribution in [-0.4, -0.2) is 17.0 Å². The maximum absolute atomic E-state index is 12.2. The van der Waals surface area contributed by atoms with Gasteiger partial charge in [-0.25, -0.2) is 4.79 Å². The molecule has 2 N–H and O–H groups in total. The van der Waals surface area contributed by atoms with Crippen LogP contribution in [0.2, 0.25) is 10.0 Å². The molecule has 0 aromatic heterocycles. The van der Waals surface area contributed by atoms with Gasteiger partial charge in [0.05, 0.1) is 10.0 Å². The van der Waals surface area contributed by atoms with Crippen LogP contribution in [0, 0.1) is 0 Å². The number of carbonyl (C=O) groups is 2. The highest BCUT2D eigenvalue weighted by atomic mass is 35.5. The van der Waals surface area contributed by atoms with E-state index in [1.165, 1.54) is 6.07 Å². The summed E-state index contributed by atoms with van der Waals surface area (Å²) in [4.78, 5) is 23.3. The molecule has 1 aliphatic carbocycles. The summed E-state index contributed by atoms with van der Waals surface area (Å²) in [6.07, 6.45) is 2.53. The Morgan fingerprint density at radius 3 is 2.30 bits per heavy atom. The molecule has 0 saturated heterocycles. The van der Waals surface area contributed by atoms with E-state index in [2.05, 4.69) is 5.32 Å². The fourth-order valence-corrected chi connectivity index (χ4v) is 2.47. The summed E-state index contributed by atoms with van der Waals surface area (Å²) in [5, 5.41) is 12.5. The van der Waals surface area contributed by atoms with Gasteiger partial charge in [0.2, 0.25) is 0 Å². The molecule has 0 saturated carbocycles. The minimum Gasteiger partial charge on any atom is -0.478 e. The van der Waals surface area contributed by atoms with E-state index in [4.69, 9.17) is 28.3 Å². The summed E-state index contributed by atoms with van der Waals surface area (Å²) in [6.45, 7) is 0. The molecule has 0 radical (unpaired) electrons. The van der Waals surface area contributed by atoms with Crippen molar-refractivity contribution < 1.29 is 14.7 Å². The second-order valence-corrected chi connectivity index (χ2v) is 5.37. The number of hydrogen-bond acceptors (Lipinski definition) is 2. The molecule has 20 heavy (non-hydrogen) atoms. The maximum Gasteiger partial charge on any atom is 0.332 e. The lowest BCUT2D eigenvalue weighted by Crippen LogP contribution is -2.21. The number of nitrogens with one attached hydrogen (secondary N) is 1. The van der Waals surface area contributed by atoms with E-state index in [0.717, 1.165) is 12.8 Å². The molecule has 1 aliphatic rings. The summed E-state index contributed by atoms with van der Waals surface area (Å²) in [7, 11) is 0. The van der Waals surface area contributed by atoms with Crippen molar-refractivity contribution >= 4 is 40.8 Å². The quantitative estimate of drug-likeness (QED) is 0.889. The topological polar surface area (TPSA) is 66.4 Å². The number of carboxylic acid groups (broad SMARTS) is 1. The van der Waals surface area contributed by atoms with Crippen molar-refractivity contribution in [3.05, 3.63) is 39.4 Å². The monoisotopic (exact) mass is 313 g/mol. The lowest BCUT2D eigenvalue weighted by atomic mass is 9.91. The Kier molecular flexibility index (Phi) is 4.68. The lowest BCUT2D eigenvalue weighted by molar-refractivity contribution is -0.133. The molecule has 2 rings (SSSR count). The van der Waals surface area contributed by atoms with Crippen LogP contribution >= 0.6 is 23.2 Å². The van der Waals surface area contributed by atoms with Crippen molar-refractivity contribution in [3.8, 4) is 0 Å². The van der Waals surface area contributed by atoms with E-state index in [0.29, 0.717) is 34.1 Å². The second-order valence-electron chi connectivity index (χ2n) is 4.55. The number of carbonyl (C=O) groups excluding carboxylic acids is 1. The van der Waals surface area contributed by atoms with Crippen LogP contribution in [0.4, 0.5) is 5.69 Å². The number of aliphatic carboxylic acids is 1. The van der Waals surface area contributed by atoms with Crippen molar-refractivity contribution in [2.45, 2.75) is 25.7 Å². The first kappa shape index (κ1) is 14.9. The van der Waals surface area contributed by atoms with E-state index in [-0.39, 0.29) is 11.5 Å². The Hall–Kier alpha value is -1.52. The lowest BCUT2D eigenvalue weighted by Gasteiger charge is -2.17. The molecule has 0 fully saturated rings. The van der Waals surface area contributed by atoms with Crippen LogP contribution in [0.15, 0.2) is 29.3 Å². The van der Waals surface area contributed by atoms with E-state index >= 15 is 0 Å². The van der Waals surface area contributed by atoms with Crippen LogP contribution in [0.1, 0.15) is 25.7 Å². The predicted octanol–water partition coefficient (Wildman–Crippen LogP) is 3.89. The first-order chi connectivity index (χ1) is 9.49. The molecule has 6 heteroatoms. The number of halogens is 2. The molecule has 0 heterocycles. The van der Waals surface area contributed by atoms with Gasteiger partial charge in [-0.3, -0.25) is 4.79 Å². The van der Waals surface area contributed by atoms with Gasteiger partial charge in [0.15, 0.2) is 0 Å². The third kappa shape index (κ3) is 3.32. The summed E-state index contributed by atoms with van der Waals surface area (Å²) < 4.78 is 0. The number of benzene rings is 1. The normalized spacial score (nSPS) is 15.1. The fraction of sp³-hybridized carbons (Fsp3) is 0.286. The zero-order chi connectivity index (χ0) is 14.7. The van der Waals surface area contributed by atoms with Gasteiger partial charge in [-0.2, -0.15) is 0 Å². The van der Waals surface area contributed by atoms with E-state index in [1.54, 1.807) is 12.1 Å². The predicted molar refractivity (Wildman–Crippen MR) is 78.2 cm³/mol. The average molecular weight is 314 g/mol. The molecule has 0 spiro atoms. The van der Waals surface area contributed by atoms with Crippen LogP contribution < -0.4 is 5.32 Å². The van der Waals surface area contributed by atoms with Crippen LogP contribution in [0.5, 0.6) is 0 Å². The summed E-state index contributed by atoms with van der Waals surface area (Å²) in [5.74, 6) is -1.41. The average Bonchev–Trinajstić information content (AvgIpc) is 2.43. The van der Waals surface area contributed by atoms with Gasteiger partial charge in [-0.1, -0.05) is 23.2 Å². The van der Waals surface area contributed by atoms with Gasteiger partial charge in [-0.05, 0) is 43.9 Å². The minimum atomic E-state index is -1.02. The Morgan fingerprint density at radius 1 is 1.05 bits per heavy atom. The molecular weight excluding hydrogens is 301 g/mol. The van der Waals surface area contributed by atoms with Crippen LogP contribution in [0.25, 0.3) is 0 Å². The van der Waals surface area contributed by atoms with Crippen molar-refractivity contribution in [3.63, 3.8) is 0 Å². The molecule has 4 nitrogen and oxygen atoms in total. The molecule has 106 valence electrons. The Bertz CT molecular complexity index is 596. The number of carboxylic acids is 1. The maximum atomic E-state index is 12.2. The zero-order valence-electron chi connectivity index (χ0n) is 10.6. The van der Waals surface area contributed by atoms with Crippen molar-refractivity contribution in [2.75, 3.05) is 5.32 Å². The highest BCUT2D eigenvalue weighted by Crippen LogP contribution is 2.28.